The predicted octanol–water partition coefficient (Wildman–Crippen LogP) is 2.92. The van der Waals surface area contributed by atoms with Crippen LogP contribution in [0, 0.1) is 0 Å². The fourth-order valence-corrected chi connectivity index (χ4v) is 4.08. The molecule has 1 N–H and O–H groups in total. The zero-order valence-corrected chi connectivity index (χ0v) is 17.1. The van der Waals surface area contributed by atoms with Crippen LogP contribution in [0.4, 0.5) is 11.6 Å². The minimum atomic E-state index is -0.625. The summed E-state index contributed by atoms with van der Waals surface area (Å²) in [5.74, 6) is -0.510. The molecule has 3 aromatic rings. The Balaban J connectivity index is 1.37. The Morgan fingerprint density at radius 3 is 2.23 bits per heavy atom. The van der Waals surface area contributed by atoms with Crippen molar-refractivity contribution in [2.45, 2.75) is 9.79 Å². The summed E-state index contributed by atoms with van der Waals surface area (Å²) in [7, 11) is 0. The topological polar surface area (TPSA) is 78.4 Å². The molecule has 0 spiro atoms. The highest BCUT2D eigenvalue weighted by atomic mass is 32.2. The molecule has 1 aromatic heterocycles. The van der Waals surface area contributed by atoms with E-state index in [0.717, 1.165) is 9.79 Å². The quantitative estimate of drug-likeness (QED) is 0.655. The molecule has 0 radical (unpaired) electrons. The van der Waals surface area contributed by atoms with Gasteiger partial charge in [-0.2, -0.15) is 0 Å². The summed E-state index contributed by atoms with van der Waals surface area (Å²) in [6, 6.07) is 19.1. The highest BCUT2D eigenvalue weighted by Gasteiger charge is 2.27. The van der Waals surface area contributed by atoms with E-state index in [1.54, 1.807) is 41.2 Å². The Bertz CT molecular complexity index is 1010. The maximum absolute atomic E-state index is 12.7. The van der Waals surface area contributed by atoms with Crippen LogP contribution >= 0.6 is 11.8 Å². The number of para-hydroxylation sites is 1. The largest absolute Gasteiger partial charge is 0.337 e. The first kappa shape index (κ1) is 19.9. The molecule has 0 aliphatic carbocycles. The lowest BCUT2D eigenvalue weighted by molar-refractivity contribution is -0.143. The number of nitrogens with one attached hydrogen (secondary N) is 1. The third-order valence-corrected chi connectivity index (χ3v) is 5.79. The molecule has 152 valence electrons. The summed E-state index contributed by atoms with van der Waals surface area (Å²) in [6.07, 6.45) is 3.39. The zero-order valence-electron chi connectivity index (χ0n) is 16.3. The summed E-state index contributed by atoms with van der Waals surface area (Å²) in [5.41, 5.74) is 0.626. The fourth-order valence-electron chi connectivity index (χ4n) is 3.16. The van der Waals surface area contributed by atoms with Crippen LogP contribution < -0.4 is 10.2 Å². The number of carbonyl (C=O) groups excluding carboxylic acids is 2. The minimum Gasteiger partial charge on any atom is -0.337 e. The third-order valence-electron chi connectivity index (χ3n) is 4.70. The van der Waals surface area contributed by atoms with E-state index in [9.17, 15) is 9.59 Å². The fraction of sp³-hybridized carbons (Fsp3) is 0.182. The number of benzene rings is 2. The Labute approximate surface area is 179 Å². The van der Waals surface area contributed by atoms with Crippen LogP contribution in [0.3, 0.4) is 0 Å². The van der Waals surface area contributed by atoms with Gasteiger partial charge in [0.05, 0.1) is 5.69 Å². The van der Waals surface area contributed by atoms with E-state index in [1.807, 2.05) is 53.4 Å². The van der Waals surface area contributed by atoms with Crippen molar-refractivity contribution in [2.24, 2.45) is 0 Å². The summed E-state index contributed by atoms with van der Waals surface area (Å²) >= 11 is 1.54. The van der Waals surface area contributed by atoms with Crippen LogP contribution in [0.5, 0.6) is 0 Å². The maximum Gasteiger partial charge on any atom is 0.313 e. The summed E-state index contributed by atoms with van der Waals surface area (Å²) < 4.78 is 0. The first-order valence-corrected chi connectivity index (χ1v) is 10.5. The molecule has 0 unspecified atom stereocenters. The molecular weight excluding hydrogens is 398 g/mol. The van der Waals surface area contributed by atoms with Gasteiger partial charge in [0.25, 0.3) is 0 Å². The lowest BCUT2D eigenvalue weighted by atomic mass is 10.3. The van der Waals surface area contributed by atoms with Gasteiger partial charge in [-0.05, 0) is 30.3 Å². The number of nitrogens with zero attached hydrogens (tertiary/aromatic N) is 4. The van der Waals surface area contributed by atoms with E-state index in [2.05, 4.69) is 15.3 Å². The lowest BCUT2D eigenvalue weighted by Gasteiger charge is -2.34. The number of carbonyl (C=O) groups is 2. The SMILES string of the molecule is O=C(Nc1ccccc1Sc1ccccc1)C(=O)N1CCN(c2ncccn2)CC1. The van der Waals surface area contributed by atoms with Crippen molar-refractivity contribution < 1.29 is 9.59 Å². The van der Waals surface area contributed by atoms with Crippen LogP contribution in [0.2, 0.25) is 0 Å². The summed E-state index contributed by atoms with van der Waals surface area (Å²) in [5, 5.41) is 2.78. The average Bonchev–Trinajstić information content (AvgIpc) is 2.81. The van der Waals surface area contributed by atoms with E-state index >= 15 is 0 Å². The predicted molar refractivity (Wildman–Crippen MR) is 116 cm³/mol. The second kappa shape index (κ2) is 9.41. The molecule has 1 saturated heterocycles. The molecular formula is C22H21N5O2S. The number of aromatic nitrogens is 2. The monoisotopic (exact) mass is 419 g/mol. The molecule has 0 saturated carbocycles. The first-order chi connectivity index (χ1) is 14.7. The number of hydrogen-bond donors (Lipinski definition) is 1. The van der Waals surface area contributed by atoms with Gasteiger partial charge in [-0.3, -0.25) is 9.59 Å². The molecule has 2 aromatic carbocycles. The maximum atomic E-state index is 12.7. The Morgan fingerprint density at radius 2 is 1.50 bits per heavy atom. The highest BCUT2D eigenvalue weighted by Crippen LogP contribution is 2.33. The smallest absolute Gasteiger partial charge is 0.313 e. The molecule has 1 aliphatic rings. The first-order valence-electron chi connectivity index (χ1n) is 9.65. The molecule has 7 nitrogen and oxygen atoms in total. The van der Waals surface area contributed by atoms with Gasteiger partial charge in [-0.25, -0.2) is 9.97 Å². The standard InChI is InChI=1S/C22H21N5O2S/c28-20(21(29)26-13-15-27(16-14-26)22-23-11-6-12-24-22)25-18-9-4-5-10-19(18)30-17-7-2-1-3-8-17/h1-12H,13-16H2,(H,25,28). The average molecular weight is 420 g/mol. The number of amides is 2. The van der Waals surface area contributed by atoms with Crippen molar-refractivity contribution in [1.82, 2.24) is 14.9 Å². The van der Waals surface area contributed by atoms with Crippen LogP contribution in [-0.2, 0) is 9.59 Å². The van der Waals surface area contributed by atoms with E-state index in [4.69, 9.17) is 0 Å². The van der Waals surface area contributed by atoms with Crippen molar-refractivity contribution in [2.75, 3.05) is 36.4 Å². The van der Waals surface area contributed by atoms with E-state index in [1.165, 1.54) is 0 Å². The van der Waals surface area contributed by atoms with Crippen molar-refractivity contribution in [3.8, 4) is 0 Å². The van der Waals surface area contributed by atoms with Crippen molar-refractivity contribution >= 4 is 35.2 Å². The normalized spacial score (nSPS) is 13.7. The summed E-state index contributed by atoms with van der Waals surface area (Å²) in [4.78, 5) is 39.3. The van der Waals surface area contributed by atoms with Crippen molar-refractivity contribution in [3.05, 3.63) is 73.1 Å². The number of anilines is 2. The highest BCUT2D eigenvalue weighted by molar-refractivity contribution is 7.99. The molecule has 8 heteroatoms. The van der Waals surface area contributed by atoms with Gasteiger partial charge in [0, 0.05) is 48.4 Å². The van der Waals surface area contributed by atoms with Gasteiger partial charge in [0.2, 0.25) is 5.95 Å². The molecule has 2 heterocycles. The van der Waals surface area contributed by atoms with Gasteiger partial charge >= 0.3 is 11.8 Å². The van der Waals surface area contributed by atoms with Gasteiger partial charge in [0.1, 0.15) is 0 Å². The van der Waals surface area contributed by atoms with Crippen molar-refractivity contribution in [3.63, 3.8) is 0 Å². The minimum absolute atomic E-state index is 0.449. The van der Waals surface area contributed by atoms with Crippen LogP contribution in [0.15, 0.2) is 82.8 Å². The van der Waals surface area contributed by atoms with E-state index < -0.39 is 11.8 Å². The molecule has 0 atom stereocenters. The van der Waals surface area contributed by atoms with E-state index in [-0.39, 0.29) is 0 Å². The van der Waals surface area contributed by atoms with Crippen LogP contribution in [-0.4, -0.2) is 52.9 Å². The summed E-state index contributed by atoms with van der Waals surface area (Å²) in [6.45, 7) is 2.07. The second-order valence-corrected chi connectivity index (χ2v) is 7.81. The van der Waals surface area contributed by atoms with Gasteiger partial charge in [-0.1, -0.05) is 42.1 Å². The molecule has 0 bridgehead atoms. The third kappa shape index (κ3) is 4.77. The Kier molecular flexibility index (Phi) is 6.24. The lowest BCUT2D eigenvalue weighted by Crippen LogP contribution is -2.52. The molecule has 4 rings (SSSR count). The van der Waals surface area contributed by atoms with Gasteiger partial charge in [0.15, 0.2) is 0 Å². The molecule has 1 fully saturated rings. The van der Waals surface area contributed by atoms with Crippen LogP contribution in [0.1, 0.15) is 0 Å². The van der Waals surface area contributed by atoms with Crippen molar-refractivity contribution in [1.29, 1.82) is 0 Å². The zero-order chi connectivity index (χ0) is 20.8. The Hall–Kier alpha value is -3.39. The van der Waals surface area contributed by atoms with E-state index in [0.29, 0.717) is 37.8 Å². The van der Waals surface area contributed by atoms with Gasteiger partial charge < -0.3 is 15.1 Å². The Morgan fingerprint density at radius 1 is 0.833 bits per heavy atom. The molecule has 2 amide bonds. The molecule has 1 aliphatic heterocycles. The van der Waals surface area contributed by atoms with Crippen LogP contribution in [0.25, 0.3) is 0 Å². The van der Waals surface area contributed by atoms with Gasteiger partial charge in [-0.15, -0.1) is 0 Å². The second-order valence-electron chi connectivity index (χ2n) is 6.69. The molecule has 30 heavy (non-hydrogen) atoms. The number of hydrogen-bond acceptors (Lipinski definition) is 6. The number of piperazine rings is 1. The number of rotatable bonds is 4.